The number of halogens is 3. The molecule has 0 saturated heterocycles. The SMILES string of the molecule is CCCNC(=O)[C@H](CC)N(Cc1ccc(Cl)cc1Cl)C(=O)CSCc1ccccc1F. The van der Waals surface area contributed by atoms with E-state index in [1.54, 1.807) is 41.3 Å². The van der Waals surface area contributed by atoms with Crippen LogP contribution in [0.3, 0.4) is 0 Å². The molecule has 0 aliphatic heterocycles. The normalized spacial score (nSPS) is 11.8. The molecule has 168 valence electrons. The molecule has 1 N–H and O–H groups in total. The Labute approximate surface area is 197 Å². The van der Waals surface area contributed by atoms with E-state index >= 15 is 0 Å². The molecule has 0 unspecified atom stereocenters. The summed E-state index contributed by atoms with van der Waals surface area (Å²) >= 11 is 13.6. The molecule has 0 bridgehead atoms. The van der Waals surface area contributed by atoms with E-state index in [1.165, 1.54) is 17.8 Å². The topological polar surface area (TPSA) is 49.4 Å². The van der Waals surface area contributed by atoms with Gasteiger partial charge in [0.25, 0.3) is 0 Å². The zero-order chi connectivity index (χ0) is 22.8. The molecule has 31 heavy (non-hydrogen) atoms. The van der Waals surface area contributed by atoms with Crippen LogP contribution in [0.15, 0.2) is 42.5 Å². The van der Waals surface area contributed by atoms with Crippen LogP contribution in [0.2, 0.25) is 10.0 Å². The summed E-state index contributed by atoms with van der Waals surface area (Å²) in [5.74, 6) is -0.200. The second kappa shape index (κ2) is 12.9. The molecule has 2 aromatic carbocycles. The smallest absolute Gasteiger partial charge is 0.242 e. The Morgan fingerprint density at radius 1 is 1.13 bits per heavy atom. The van der Waals surface area contributed by atoms with Crippen LogP contribution >= 0.6 is 35.0 Å². The molecule has 1 atom stereocenters. The van der Waals surface area contributed by atoms with Gasteiger partial charge >= 0.3 is 0 Å². The van der Waals surface area contributed by atoms with E-state index in [1.807, 2.05) is 13.8 Å². The molecule has 0 heterocycles. The minimum Gasteiger partial charge on any atom is -0.354 e. The predicted molar refractivity (Wildman–Crippen MR) is 127 cm³/mol. The number of amides is 2. The van der Waals surface area contributed by atoms with E-state index in [-0.39, 0.29) is 29.9 Å². The van der Waals surface area contributed by atoms with Gasteiger partial charge in [-0.15, -0.1) is 11.8 Å². The summed E-state index contributed by atoms with van der Waals surface area (Å²) in [5, 5.41) is 3.81. The largest absolute Gasteiger partial charge is 0.354 e. The highest BCUT2D eigenvalue weighted by Crippen LogP contribution is 2.24. The van der Waals surface area contributed by atoms with Crippen LogP contribution in [0.1, 0.15) is 37.8 Å². The summed E-state index contributed by atoms with van der Waals surface area (Å²) in [5.41, 5.74) is 1.25. The van der Waals surface area contributed by atoms with Crippen molar-refractivity contribution in [2.24, 2.45) is 0 Å². The van der Waals surface area contributed by atoms with Crippen molar-refractivity contribution in [1.29, 1.82) is 0 Å². The van der Waals surface area contributed by atoms with Crippen LogP contribution in [0.4, 0.5) is 4.39 Å². The van der Waals surface area contributed by atoms with E-state index in [9.17, 15) is 14.0 Å². The molecule has 0 saturated carbocycles. The average Bonchev–Trinajstić information content (AvgIpc) is 2.74. The van der Waals surface area contributed by atoms with Gasteiger partial charge in [0.2, 0.25) is 11.8 Å². The molecule has 0 radical (unpaired) electrons. The van der Waals surface area contributed by atoms with Crippen molar-refractivity contribution in [3.63, 3.8) is 0 Å². The van der Waals surface area contributed by atoms with Crippen molar-refractivity contribution in [2.75, 3.05) is 12.3 Å². The second-order valence-corrected chi connectivity index (χ2v) is 8.89. The number of nitrogens with zero attached hydrogens (tertiary/aromatic N) is 1. The number of hydrogen-bond donors (Lipinski definition) is 1. The van der Waals surface area contributed by atoms with Crippen LogP contribution in [0, 0.1) is 5.82 Å². The van der Waals surface area contributed by atoms with Crippen LogP contribution in [-0.4, -0.2) is 35.1 Å². The molecule has 0 fully saturated rings. The molecule has 0 spiro atoms. The number of rotatable bonds is 11. The van der Waals surface area contributed by atoms with Gasteiger partial charge in [0, 0.05) is 28.9 Å². The molecule has 4 nitrogen and oxygen atoms in total. The molecule has 2 rings (SSSR count). The van der Waals surface area contributed by atoms with Gasteiger partial charge in [-0.05, 0) is 42.2 Å². The van der Waals surface area contributed by atoms with Crippen LogP contribution in [0.5, 0.6) is 0 Å². The maximum absolute atomic E-state index is 13.9. The van der Waals surface area contributed by atoms with E-state index < -0.39 is 6.04 Å². The standard InChI is InChI=1S/C23H27Cl2FN2O2S/c1-3-11-27-23(30)21(4-2)28(13-16-9-10-18(24)12-19(16)25)22(29)15-31-14-17-7-5-6-8-20(17)26/h5-10,12,21H,3-4,11,13-15H2,1-2H3,(H,27,30)/t21-/m0/s1. The first kappa shape index (κ1) is 25.5. The first-order valence-electron chi connectivity index (χ1n) is 10.2. The van der Waals surface area contributed by atoms with E-state index in [2.05, 4.69) is 5.32 Å². The van der Waals surface area contributed by atoms with Crippen molar-refractivity contribution in [3.8, 4) is 0 Å². The third kappa shape index (κ3) is 7.70. The molecule has 8 heteroatoms. The number of benzene rings is 2. The Kier molecular flexibility index (Phi) is 10.6. The summed E-state index contributed by atoms with van der Waals surface area (Å²) in [6, 6.07) is 11.0. The predicted octanol–water partition coefficient (Wildman–Crippen LogP) is 5.70. The van der Waals surface area contributed by atoms with E-state index in [0.29, 0.717) is 39.9 Å². The molecular formula is C23H27Cl2FN2O2S. The Hall–Kier alpha value is -1.76. The summed E-state index contributed by atoms with van der Waals surface area (Å²) in [6.45, 7) is 4.57. The lowest BCUT2D eigenvalue weighted by Crippen LogP contribution is -2.49. The van der Waals surface area contributed by atoms with Gasteiger partial charge in [0.05, 0.1) is 5.75 Å². The Morgan fingerprint density at radius 2 is 1.87 bits per heavy atom. The minimum atomic E-state index is -0.625. The summed E-state index contributed by atoms with van der Waals surface area (Å²) in [7, 11) is 0. The van der Waals surface area contributed by atoms with Crippen molar-refractivity contribution < 1.29 is 14.0 Å². The van der Waals surface area contributed by atoms with E-state index in [4.69, 9.17) is 23.2 Å². The first-order chi connectivity index (χ1) is 14.9. The molecule has 2 amide bonds. The van der Waals surface area contributed by atoms with Gasteiger partial charge in [-0.2, -0.15) is 0 Å². The Bertz CT molecular complexity index is 898. The lowest BCUT2D eigenvalue weighted by molar-refractivity contribution is -0.139. The lowest BCUT2D eigenvalue weighted by atomic mass is 10.1. The first-order valence-corrected chi connectivity index (χ1v) is 12.1. The molecule has 0 aliphatic rings. The quantitative estimate of drug-likeness (QED) is 0.444. The highest BCUT2D eigenvalue weighted by molar-refractivity contribution is 7.99. The number of carbonyl (C=O) groups excluding carboxylic acids is 2. The van der Waals surface area contributed by atoms with Gasteiger partial charge < -0.3 is 10.2 Å². The number of carbonyl (C=O) groups is 2. The highest BCUT2D eigenvalue weighted by atomic mass is 35.5. The lowest BCUT2D eigenvalue weighted by Gasteiger charge is -2.31. The molecule has 0 aromatic heterocycles. The molecular weight excluding hydrogens is 458 g/mol. The van der Waals surface area contributed by atoms with Crippen LogP contribution in [0.25, 0.3) is 0 Å². The second-order valence-electron chi connectivity index (χ2n) is 7.06. The molecule has 0 aliphatic carbocycles. The van der Waals surface area contributed by atoms with Crippen molar-refractivity contribution >= 4 is 46.8 Å². The molecule has 2 aromatic rings. The third-order valence-corrected chi connectivity index (χ3v) is 6.29. The van der Waals surface area contributed by atoms with Crippen LogP contribution < -0.4 is 5.32 Å². The van der Waals surface area contributed by atoms with E-state index in [0.717, 1.165) is 6.42 Å². The average molecular weight is 485 g/mol. The van der Waals surface area contributed by atoms with Gasteiger partial charge in [-0.25, -0.2) is 4.39 Å². The number of thioether (sulfide) groups is 1. The fourth-order valence-corrected chi connectivity index (χ4v) is 4.43. The van der Waals surface area contributed by atoms with Gasteiger partial charge in [-0.1, -0.05) is 61.3 Å². The number of nitrogens with one attached hydrogen (secondary N) is 1. The van der Waals surface area contributed by atoms with Crippen molar-refractivity contribution in [2.45, 2.75) is 45.0 Å². The van der Waals surface area contributed by atoms with Crippen molar-refractivity contribution in [1.82, 2.24) is 10.2 Å². The van der Waals surface area contributed by atoms with Gasteiger partial charge in [0.15, 0.2) is 0 Å². The maximum Gasteiger partial charge on any atom is 0.242 e. The summed E-state index contributed by atoms with van der Waals surface area (Å²) in [6.07, 6.45) is 1.27. The van der Waals surface area contributed by atoms with Crippen LogP contribution in [-0.2, 0) is 21.9 Å². The van der Waals surface area contributed by atoms with Gasteiger partial charge in [-0.3, -0.25) is 9.59 Å². The Morgan fingerprint density at radius 3 is 2.52 bits per heavy atom. The highest BCUT2D eigenvalue weighted by Gasteiger charge is 2.28. The summed E-state index contributed by atoms with van der Waals surface area (Å²) in [4.78, 5) is 27.4. The minimum absolute atomic E-state index is 0.122. The number of hydrogen-bond acceptors (Lipinski definition) is 3. The maximum atomic E-state index is 13.9. The zero-order valence-electron chi connectivity index (χ0n) is 17.7. The third-order valence-electron chi connectivity index (χ3n) is 4.73. The van der Waals surface area contributed by atoms with Gasteiger partial charge in [0.1, 0.15) is 11.9 Å². The summed E-state index contributed by atoms with van der Waals surface area (Å²) < 4.78 is 13.9. The van der Waals surface area contributed by atoms with Crippen molar-refractivity contribution in [3.05, 3.63) is 69.5 Å². The zero-order valence-corrected chi connectivity index (χ0v) is 20.0. The fourth-order valence-electron chi connectivity index (χ4n) is 3.07. The monoisotopic (exact) mass is 484 g/mol. The fraction of sp³-hybridized carbons (Fsp3) is 0.391. The Balaban J connectivity index is 2.17.